The molecule has 1 aromatic rings. The minimum absolute atomic E-state index is 0.124. The Hall–Kier alpha value is -1.56. The molecule has 1 aromatic heterocycles. The zero-order valence-electron chi connectivity index (χ0n) is 14.1. The number of nitrogens with zero attached hydrogens (tertiary/aromatic N) is 2. The Morgan fingerprint density at radius 2 is 1.96 bits per heavy atom. The number of nitrogens with one attached hydrogen (secondary N) is 1. The highest BCUT2D eigenvalue weighted by Gasteiger charge is 2.16. The molecule has 0 aromatic carbocycles. The Morgan fingerprint density at radius 3 is 2.57 bits per heavy atom. The number of rotatable bonds is 5. The third-order valence-electron chi connectivity index (χ3n) is 4.27. The maximum Gasteiger partial charge on any atom is 0.317 e. The van der Waals surface area contributed by atoms with Crippen molar-refractivity contribution in [3.05, 3.63) is 21.9 Å². The first-order valence-electron chi connectivity index (χ1n) is 8.37. The Labute approximate surface area is 142 Å². The molecule has 0 atom stereocenters. The molecule has 1 saturated heterocycles. The van der Waals surface area contributed by atoms with E-state index in [1.54, 1.807) is 23.3 Å². The second-order valence-electron chi connectivity index (χ2n) is 6.16. The van der Waals surface area contributed by atoms with Crippen LogP contribution in [0.4, 0.5) is 4.79 Å². The predicted molar refractivity (Wildman–Crippen MR) is 93.6 cm³/mol. The van der Waals surface area contributed by atoms with E-state index in [1.807, 2.05) is 10.3 Å². The Balaban J connectivity index is 1.69. The van der Waals surface area contributed by atoms with Crippen LogP contribution in [0.1, 0.15) is 42.5 Å². The number of aryl methyl sites for hydroxylation is 1. The first-order chi connectivity index (χ1) is 11.1. The van der Waals surface area contributed by atoms with Crippen molar-refractivity contribution in [1.82, 2.24) is 15.1 Å². The maximum absolute atomic E-state index is 12.2. The van der Waals surface area contributed by atoms with Gasteiger partial charge in [-0.05, 0) is 36.8 Å². The third kappa shape index (κ3) is 5.53. The van der Waals surface area contributed by atoms with Crippen LogP contribution in [0.2, 0.25) is 0 Å². The second kappa shape index (κ2) is 8.91. The molecule has 1 aliphatic rings. The molecule has 1 fully saturated rings. The number of hydrogen-bond acceptors (Lipinski definition) is 3. The van der Waals surface area contributed by atoms with Gasteiger partial charge in [-0.15, -0.1) is 11.3 Å². The number of carbonyl (C=O) groups excluding carboxylic acids is 2. The van der Waals surface area contributed by atoms with Crippen molar-refractivity contribution in [1.29, 1.82) is 0 Å². The van der Waals surface area contributed by atoms with Crippen LogP contribution < -0.4 is 5.32 Å². The minimum Gasteiger partial charge on any atom is -0.343 e. The van der Waals surface area contributed by atoms with Crippen LogP contribution in [0.5, 0.6) is 0 Å². The zero-order chi connectivity index (χ0) is 16.7. The highest BCUT2D eigenvalue weighted by Crippen LogP contribution is 2.17. The van der Waals surface area contributed by atoms with Crippen molar-refractivity contribution in [2.24, 2.45) is 0 Å². The van der Waals surface area contributed by atoms with Gasteiger partial charge in [-0.1, -0.05) is 12.8 Å². The van der Waals surface area contributed by atoms with Crippen molar-refractivity contribution in [3.8, 4) is 0 Å². The van der Waals surface area contributed by atoms with Gasteiger partial charge in [-0.25, -0.2) is 4.79 Å². The number of carbonyl (C=O) groups is 2. The van der Waals surface area contributed by atoms with Crippen LogP contribution in [0.3, 0.4) is 0 Å². The molecule has 0 bridgehead atoms. The van der Waals surface area contributed by atoms with Crippen molar-refractivity contribution < 1.29 is 9.59 Å². The van der Waals surface area contributed by atoms with E-state index in [4.69, 9.17) is 0 Å². The molecule has 6 heteroatoms. The van der Waals surface area contributed by atoms with Gasteiger partial charge in [0, 0.05) is 38.0 Å². The highest BCUT2D eigenvalue weighted by molar-refractivity contribution is 7.10. The van der Waals surface area contributed by atoms with E-state index in [0.717, 1.165) is 25.9 Å². The summed E-state index contributed by atoms with van der Waals surface area (Å²) >= 11 is 1.66. The number of urea groups is 1. The topological polar surface area (TPSA) is 52.7 Å². The average molecular weight is 337 g/mol. The largest absolute Gasteiger partial charge is 0.343 e. The summed E-state index contributed by atoms with van der Waals surface area (Å²) in [6.07, 6.45) is 5.01. The van der Waals surface area contributed by atoms with E-state index in [0.29, 0.717) is 19.5 Å². The number of thiophene rings is 1. The first kappa shape index (κ1) is 17.8. The summed E-state index contributed by atoms with van der Waals surface area (Å²) in [6, 6.07) is 1.94. The molecule has 2 heterocycles. The van der Waals surface area contributed by atoms with Gasteiger partial charge in [-0.3, -0.25) is 4.79 Å². The molecule has 5 nitrogen and oxygen atoms in total. The van der Waals surface area contributed by atoms with Gasteiger partial charge in [0.1, 0.15) is 0 Å². The monoisotopic (exact) mass is 337 g/mol. The van der Waals surface area contributed by atoms with Crippen molar-refractivity contribution in [3.63, 3.8) is 0 Å². The van der Waals surface area contributed by atoms with Crippen molar-refractivity contribution in [2.45, 2.75) is 45.6 Å². The Bertz CT molecular complexity index is 522. The first-order valence-corrected chi connectivity index (χ1v) is 9.25. The standard InChI is InChI=1S/C17H27N3O2S/c1-14-8-12-23-15(14)13-19(2)17(22)18-9-7-16(21)20-10-5-3-4-6-11-20/h8,12H,3-7,9-11,13H2,1-2H3,(H,18,22). The van der Waals surface area contributed by atoms with Gasteiger partial charge < -0.3 is 15.1 Å². The molecule has 0 unspecified atom stereocenters. The van der Waals surface area contributed by atoms with Crippen LogP contribution in [0, 0.1) is 6.92 Å². The van der Waals surface area contributed by atoms with Crippen LogP contribution >= 0.6 is 11.3 Å². The maximum atomic E-state index is 12.2. The van der Waals surface area contributed by atoms with Gasteiger partial charge >= 0.3 is 6.03 Å². The summed E-state index contributed by atoms with van der Waals surface area (Å²) in [6.45, 7) is 4.80. The van der Waals surface area contributed by atoms with E-state index in [9.17, 15) is 9.59 Å². The lowest BCUT2D eigenvalue weighted by atomic mass is 10.2. The van der Waals surface area contributed by atoms with E-state index in [1.165, 1.54) is 23.3 Å². The molecule has 0 saturated carbocycles. The summed E-state index contributed by atoms with van der Waals surface area (Å²) in [5, 5.41) is 4.88. The summed E-state index contributed by atoms with van der Waals surface area (Å²) in [4.78, 5) is 29.1. The number of amides is 3. The molecule has 3 amide bonds. The van der Waals surface area contributed by atoms with Gasteiger partial charge in [0.05, 0.1) is 6.54 Å². The number of hydrogen-bond donors (Lipinski definition) is 1. The smallest absolute Gasteiger partial charge is 0.317 e. The van der Waals surface area contributed by atoms with Crippen molar-refractivity contribution >= 4 is 23.3 Å². The summed E-state index contributed by atoms with van der Waals surface area (Å²) in [5.41, 5.74) is 1.21. The molecule has 23 heavy (non-hydrogen) atoms. The molecule has 1 N–H and O–H groups in total. The Morgan fingerprint density at radius 1 is 1.26 bits per heavy atom. The molecule has 128 valence electrons. The molecule has 0 spiro atoms. The summed E-state index contributed by atoms with van der Waals surface area (Å²) in [7, 11) is 1.78. The Kier molecular flexibility index (Phi) is 6.89. The molecular formula is C17H27N3O2S. The summed E-state index contributed by atoms with van der Waals surface area (Å²) < 4.78 is 0. The fraction of sp³-hybridized carbons (Fsp3) is 0.647. The summed E-state index contributed by atoms with van der Waals surface area (Å²) in [5.74, 6) is 0.156. The van der Waals surface area contributed by atoms with Crippen LogP contribution in [-0.4, -0.2) is 48.4 Å². The van der Waals surface area contributed by atoms with Crippen LogP contribution in [0.15, 0.2) is 11.4 Å². The quantitative estimate of drug-likeness (QED) is 0.898. The molecule has 1 aliphatic heterocycles. The second-order valence-corrected chi connectivity index (χ2v) is 7.16. The lowest BCUT2D eigenvalue weighted by Crippen LogP contribution is -2.39. The average Bonchev–Trinajstić information content (AvgIpc) is 2.79. The van der Waals surface area contributed by atoms with Gasteiger partial charge in [-0.2, -0.15) is 0 Å². The lowest BCUT2D eigenvalue weighted by Gasteiger charge is -2.21. The fourth-order valence-corrected chi connectivity index (χ4v) is 3.70. The van der Waals surface area contributed by atoms with Gasteiger partial charge in [0.2, 0.25) is 5.91 Å². The van der Waals surface area contributed by atoms with E-state index in [2.05, 4.69) is 18.3 Å². The van der Waals surface area contributed by atoms with E-state index >= 15 is 0 Å². The van der Waals surface area contributed by atoms with E-state index in [-0.39, 0.29) is 11.9 Å². The molecule has 0 radical (unpaired) electrons. The minimum atomic E-state index is -0.124. The third-order valence-corrected chi connectivity index (χ3v) is 5.28. The number of likely N-dealkylation sites (tertiary alicyclic amines) is 1. The van der Waals surface area contributed by atoms with Crippen molar-refractivity contribution in [2.75, 3.05) is 26.7 Å². The normalized spacial score (nSPS) is 15.1. The highest BCUT2D eigenvalue weighted by atomic mass is 32.1. The molecule has 2 rings (SSSR count). The van der Waals surface area contributed by atoms with E-state index < -0.39 is 0 Å². The van der Waals surface area contributed by atoms with Gasteiger partial charge in [0.25, 0.3) is 0 Å². The van der Waals surface area contributed by atoms with Crippen LogP contribution in [0.25, 0.3) is 0 Å². The predicted octanol–water partition coefficient (Wildman–Crippen LogP) is 2.99. The molecule has 0 aliphatic carbocycles. The SMILES string of the molecule is Cc1ccsc1CN(C)C(=O)NCCC(=O)N1CCCCCC1. The lowest BCUT2D eigenvalue weighted by molar-refractivity contribution is -0.131. The van der Waals surface area contributed by atoms with Gasteiger partial charge in [0.15, 0.2) is 0 Å². The van der Waals surface area contributed by atoms with Crippen LogP contribution in [-0.2, 0) is 11.3 Å². The fourth-order valence-electron chi connectivity index (χ4n) is 2.74. The molecular weight excluding hydrogens is 310 g/mol. The zero-order valence-corrected chi connectivity index (χ0v) is 15.0.